The van der Waals surface area contributed by atoms with E-state index in [-0.39, 0.29) is 18.6 Å². The normalized spacial score (nSPS) is 10.6. The summed E-state index contributed by atoms with van der Waals surface area (Å²) in [6.07, 6.45) is 0. The first kappa shape index (κ1) is 18.0. The summed E-state index contributed by atoms with van der Waals surface area (Å²) >= 11 is 6.09. The SMILES string of the molecule is CN(C(=O)COc1ccccc1Cl)C(c1ccccc1)c1ccccc1. The van der Waals surface area contributed by atoms with Crippen molar-refractivity contribution in [3.05, 3.63) is 101 Å². The molecule has 0 aromatic heterocycles. The zero-order valence-electron chi connectivity index (χ0n) is 14.5. The Bertz CT molecular complexity index is 813. The number of para-hydroxylation sites is 1. The van der Waals surface area contributed by atoms with E-state index >= 15 is 0 Å². The van der Waals surface area contributed by atoms with Gasteiger partial charge in [-0.1, -0.05) is 84.4 Å². The highest BCUT2D eigenvalue weighted by molar-refractivity contribution is 6.32. The maximum atomic E-state index is 12.8. The van der Waals surface area contributed by atoms with Gasteiger partial charge >= 0.3 is 0 Å². The third-order valence-corrected chi connectivity index (χ3v) is 4.51. The molecule has 0 unspecified atom stereocenters. The second-order valence-electron chi connectivity index (χ2n) is 5.95. The van der Waals surface area contributed by atoms with Crippen molar-refractivity contribution in [2.24, 2.45) is 0 Å². The number of hydrogen-bond acceptors (Lipinski definition) is 2. The molecule has 132 valence electrons. The van der Waals surface area contributed by atoms with Gasteiger partial charge in [-0.25, -0.2) is 0 Å². The van der Waals surface area contributed by atoms with Crippen molar-refractivity contribution in [2.75, 3.05) is 13.7 Å². The summed E-state index contributed by atoms with van der Waals surface area (Å²) in [6.45, 7) is -0.0730. The predicted octanol–water partition coefficient (Wildman–Crippen LogP) is 4.97. The number of hydrogen-bond donors (Lipinski definition) is 0. The Balaban J connectivity index is 1.80. The van der Waals surface area contributed by atoms with Crippen molar-refractivity contribution in [3.63, 3.8) is 0 Å². The Morgan fingerprint density at radius 1 is 0.885 bits per heavy atom. The second kappa shape index (κ2) is 8.54. The lowest BCUT2D eigenvalue weighted by Gasteiger charge is -2.29. The largest absolute Gasteiger partial charge is 0.482 e. The molecule has 0 atom stereocenters. The van der Waals surface area contributed by atoms with Gasteiger partial charge in [0.25, 0.3) is 5.91 Å². The molecule has 0 fully saturated rings. The number of halogens is 1. The van der Waals surface area contributed by atoms with E-state index in [2.05, 4.69) is 0 Å². The Hall–Kier alpha value is -2.78. The minimum Gasteiger partial charge on any atom is -0.482 e. The molecule has 0 aliphatic rings. The van der Waals surface area contributed by atoms with Crippen LogP contribution in [-0.4, -0.2) is 24.5 Å². The molecule has 0 aliphatic carbocycles. The maximum Gasteiger partial charge on any atom is 0.261 e. The van der Waals surface area contributed by atoms with Gasteiger partial charge in [-0.2, -0.15) is 0 Å². The number of amides is 1. The lowest BCUT2D eigenvalue weighted by Crippen LogP contribution is -2.35. The van der Waals surface area contributed by atoms with Gasteiger partial charge in [-0.15, -0.1) is 0 Å². The molecule has 3 rings (SSSR count). The molecular weight excluding hydrogens is 346 g/mol. The first-order valence-corrected chi connectivity index (χ1v) is 8.77. The molecule has 3 aromatic rings. The summed E-state index contributed by atoms with van der Waals surface area (Å²) in [4.78, 5) is 14.5. The highest BCUT2D eigenvalue weighted by atomic mass is 35.5. The summed E-state index contributed by atoms with van der Waals surface area (Å²) in [5, 5.41) is 0.491. The highest BCUT2D eigenvalue weighted by Gasteiger charge is 2.23. The number of carbonyl (C=O) groups is 1. The van der Waals surface area contributed by atoms with E-state index in [1.54, 1.807) is 24.1 Å². The Kier molecular flexibility index (Phi) is 5.92. The molecule has 0 aliphatic heterocycles. The average Bonchev–Trinajstić information content (AvgIpc) is 2.69. The van der Waals surface area contributed by atoms with Gasteiger partial charge in [0.1, 0.15) is 5.75 Å². The Morgan fingerprint density at radius 3 is 1.92 bits per heavy atom. The topological polar surface area (TPSA) is 29.5 Å². The summed E-state index contributed by atoms with van der Waals surface area (Å²) in [5.74, 6) is 0.384. The van der Waals surface area contributed by atoms with Crippen LogP contribution in [0.3, 0.4) is 0 Å². The number of carbonyl (C=O) groups excluding carboxylic acids is 1. The minimum absolute atomic E-state index is 0.0730. The van der Waals surface area contributed by atoms with Gasteiger partial charge in [-0.3, -0.25) is 4.79 Å². The van der Waals surface area contributed by atoms with Crippen LogP contribution in [0.2, 0.25) is 5.02 Å². The zero-order chi connectivity index (χ0) is 18.4. The van der Waals surface area contributed by atoms with Crippen molar-refractivity contribution in [1.29, 1.82) is 0 Å². The molecule has 0 saturated carbocycles. The van der Waals surface area contributed by atoms with Gasteiger partial charge in [-0.05, 0) is 23.3 Å². The molecule has 0 bridgehead atoms. The number of rotatable bonds is 6. The second-order valence-corrected chi connectivity index (χ2v) is 6.35. The fraction of sp³-hybridized carbons (Fsp3) is 0.136. The molecular formula is C22H20ClNO2. The van der Waals surface area contributed by atoms with E-state index in [4.69, 9.17) is 16.3 Å². The Morgan fingerprint density at radius 2 is 1.38 bits per heavy atom. The fourth-order valence-electron chi connectivity index (χ4n) is 2.86. The van der Waals surface area contributed by atoms with Gasteiger partial charge in [0.05, 0.1) is 11.1 Å². The van der Waals surface area contributed by atoms with E-state index in [0.717, 1.165) is 11.1 Å². The van der Waals surface area contributed by atoms with Gasteiger partial charge in [0.2, 0.25) is 0 Å². The van der Waals surface area contributed by atoms with Crippen LogP contribution in [0, 0.1) is 0 Å². The average molecular weight is 366 g/mol. The van der Waals surface area contributed by atoms with E-state index in [0.29, 0.717) is 10.8 Å². The van der Waals surface area contributed by atoms with E-state index in [9.17, 15) is 4.79 Å². The smallest absolute Gasteiger partial charge is 0.261 e. The number of nitrogens with zero attached hydrogens (tertiary/aromatic N) is 1. The third kappa shape index (κ3) is 4.24. The lowest BCUT2D eigenvalue weighted by molar-refractivity contribution is -0.133. The molecule has 0 heterocycles. The first-order chi connectivity index (χ1) is 12.7. The van der Waals surface area contributed by atoms with Crippen molar-refractivity contribution in [2.45, 2.75) is 6.04 Å². The van der Waals surface area contributed by atoms with Gasteiger partial charge in [0, 0.05) is 7.05 Å². The molecule has 4 heteroatoms. The van der Waals surface area contributed by atoms with Gasteiger partial charge < -0.3 is 9.64 Å². The van der Waals surface area contributed by atoms with Crippen LogP contribution in [0.1, 0.15) is 17.2 Å². The molecule has 3 aromatic carbocycles. The molecule has 1 amide bonds. The van der Waals surface area contributed by atoms with Crippen LogP contribution in [0.25, 0.3) is 0 Å². The van der Waals surface area contributed by atoms with Crippen LogP contribution >= 0.6 is 11.6 Å². The fourth-order valence-corrected chi connectivity index (χ4v) is 3.05. The number of ether oxygens (including phenoxy) is 1. The number of benzene rings is 3. The first-order valence-electron chi connectivity index (χ1n) is 8.39. The van der Waals surface area contributed by atoms with Crippen molar-refractivity contribution in [3.8, 4) is 5.75 Å². The Labute approximate surface area is 158 Å². The standard InChI is InChI=1S/C22H20ClNO2/c1-24(21(25)16-26-20-15-9-8-14-19(20)23)22(17-10-4-2-5-11-17)18-12-6-3-7-13-18/h2-15,22H,16H2,1H3. The van der Waals surface area contributed by atoms with Crippen LogP contribution in [0.5, 0.6) is 5.75 Å². The van der Waals surface area contributed by atoms with Crippen LogP contribution in [-0.2, 0) is 4.79 Å². The molecule has 0 spiro atoms. The highest BCUT2D eigenvalue weighted by Crippen LogP contribution is 2.28. The predicted molar refractivity (Wildman–Crippen MR) is 104 cm³/mol. The quantitative estimate of drug-likeness (QED) is 0.617. The van der Waals surface area contributed by atoms with Crippen molar-refractivity contribution < 1.29 is 9.53 Å². The number of likely N-dealkylation sites (N-methyl/N-ethyl adjacent to an activating group) is 1. The summed E-state index contributed by atoms with van der Waals surface area (Å²) in [7, 11) is 1.79. The third-order valence-electron chi connectivity index (χ3n) is 4.20. The van der Waals surface area contributed by atoms with Crippen molar-refractivity contribution >= 4 is 17.5 Å². The van der Waals surface area contributed by atoms with E-state index < -0.39 is 0 Å². The van der Waals surface area contributed by atoms with Crippen LogP contribution in [0.15, 0.2) is 84.9 Å². The molecule has 0 saturated heterocycles. The summed E-state index contributed by atoms with van der Waals surface area (Å²) < 4.78 is 5.62. The lowest BCUT2D eigenvalue weighted by atomic mass is 9.97. The van der Waals surface area contributed by atoms with Gasteiger partial charge in [0.15, 0.2) is 6.61 Å². The zero-order valence-corrected chi connectivity index (χ0v) is 15.3. The monoisotopic (exact) mass is 365 g/mol. The minimum atomic E-state index is -0.181. The van der Waals surface area contributed by atoms with Crippen LogP contribution in [0.4, 0.5) is 0 Å². The van der Waals surface area contributed by atoms with E-state index in [1.807, 2.05) is 72.8 Å². The molecule has 26 heavy (non-hydrogen) atoms. The summed E-state index contributed by atoms with van der Waals surface area (Å²) in [6, 6.07) is 26.9. The van der Waals surface area contributed by atoms with Crippen LogP contribution < -0.4 is 4.74 Å². The summed E-state index contributed by atoms with van der Waals surface area (Å²) in [5.41, 5.74) is 2.10. The molecule has 0 radical (unpaired) electrons. The molecule has 3 nitrogen and oxygen atoms in total. The van der Waals surface area contributed by atoms with E-state index in [1.165, 1.54) is 0 Å². The van der Waals surface area contributed by atoms with Crippen molar-refractivity contribution in [1.82, 2.24) is 4.90 Å². The maximum absolute atomic E-state index is 12.8. The molecule has 0 N–H and O–H groups in total.